The van der Waals surface area contributed by atoms with E-state index in [4.69, 9.17) is 4.43 Å². The van der Waals surface area contributed by atoms with Gasteiger partial charge >= 0.3 is 0 Å². The summed E-state index contributed by atoms with van der Waals surface area (Å²) in [5, 5.41) is 3.63. The molecule has 4 rings (SSSR count). The minimum Gasteiger partial charge on any atom is -0.393 e. The summed E-state index contributed by atoms with van der Waals surface area (Å²) >= 11 is 0. The molecule has 2 nitrogen and oxygen atoms in total. The van der Waals surface area contributed by atoms with Crippen molar-refractivity contribution in [1.29, 1.82) is 0 Å². The Bertz CT molecular complexity index is 958. The number of benzene rings is 3. The van der Waals surface area contributed by atoms with Crippen LogP contribution in [0.4, 0.5) is 0 Å². The summed E-state index contributed by atoms with van der Waals surface area (Å²) in [7, 11) is -2.74. The van der Waals surface area contributed by atoms with Gasteiger partial charge in [-0.05, 0) is 34.5 Å². The highest BCUT2D eigenvalue weighted by atomic mass is 28.4. The highest BCUT2D eigenvalue weighted by Gasteiger charge is 2.57. The largest absolute Gasteiger partial charge is 0.393 e. The molecule has 1 atom stereocenters. The summed E-state index contributed by atoms with van der Waals surface area (Å²) in [5.74, 6) is 0.127. The lowest BCUT2D eigenvalue weighted by atomic mass is 9.86. The number of ketones is 1. The lowest BCUT2D eigenvalue weighted by molar-refractivity contribution is -0.121. The van der Waals surface area contributed by atoms with Crippen molar-refractivity contribution in [2.24, 2.45) is 0 Å². The number of rotatable bonds is 6. The molecule has 0 aliphatic carbocycles. The summed E-state index contributed by atoms with van der Waals surface area (Å²) < 4.78 is 7.18. The maximum atomic E-state index is 12.3. The fraction of sp³-hybridized carbons (Fsp3) is 0.160. The highest BCUT2D eigenvalue weighted by Crippen LogP contribution is 2.41. The molecule has 1 heterocycles. The molecule has 0 bridgehead atoms. The molecule has 1 unspecified atom stereocenters. The van der Waals surface area contributed by atoms with Gasteiger partial charge in [-0.1, -0.05) is 91.0 Å². The van der Waals surface area contributed by atoms with E-state index in [1.807, 2.05) is 24.3 Å². The molecule has 1 aliphatic heterocycles. The van der Waals surface area contributed by atoms with Gasteiger partial charge < -0.3 is 4.43 Å². The third-order valence-corrected chi connectivity index (χ3v) is 9.70. The Balaban J connectivity index is 2.05. The number of carbonyl (C=O) groups is 1. The van der Waals surface area contributed by atoms with Crippen LogP contribution in [0.3, 0.4) is 0 Å². The van der Waals surface area contributed by atoms with Gasteiger partial charge in [0.2, 0.25) is 0 Å². The SMILES string of the molecule is C=CCC1(CC(C)=O)O[Si](c2ccccc2)(c2ccccc2)c2ccccc21. The molecule has 0 saturated carbocycles. The van der Waals surface area contributed by atoms with Crippen molar-refractivity contribution < 1.29 is 9.22 Å². The summed E-state index contributed by atoms with van der Waals surface area (Å²) in [4.78, 5) is 12.3. The van der Waals surface area contributed by atoms with Crippen molar-refractivity contribution in [3.8, 4) is 0 Å². The molecule has 0 amide bonds. The predicted octanol–water partition coefficient (Wildman–Crippen LogP) is 3.43. The van der Waals surface area contributed by atoms with E-state index in [2.05, 4.69) is 73.3 Å². The number of carbonyl (C=O) groups excluding carboxylic acids is 1. The third-order valence-electron chi connectivity index (χ3n) is 5.51. The zero-order valence-electron chi connectivity index (χ0n) is 16.1. The Hall–Kier alpha value is -2.75. The number of hydrogen-bond acceptors (Lipinski definition) is 2. The molecule has 3 aromatic carbocycles. The molecule has 0 fully saturated rings. The van der Waals surface area contributed by atoms with Crippen molar-refractivity contribution in [2.45, 2.75) is 25.4 Å². The fourth-order valence-corrected chi connectivity index (χ4v) is 9.02. The Labute approximate surface area is 167 Å². The van der Waals surface area contributed by atoms with Gasteiger partial charge in [-0.25, -0.2) is 0 Å². The Morgan fingerprint density at radius 2 is 1.46 bits per heavy atom. The van der Waals surface area contributed by atoms with Gasteiger partial charge in [-0.2, -0.15) is 0 Å². The maximum Gasteiger partial charge on any atom is 0.289 e. The van der Waals surface area contributed by atoms with Crippen molar-refractivity contribution in [2.75, 3.05) is 0 Å². The summed E-state index contributed by atoms with van der Waals surface area (Å²) in [6.45, 7) is 5.61. The first-order valence-corrected chi connectivity index (χ1v) is 11.5. The first kappa shape index (κ1) is 18.6. The van der Waals surface area contributed by atoms with Gasteiger partial charge in [0.05, 0.1) is 5.60 Å². The molecule has 0 spiro atoms. The van der Waals surface area contributed by atoms with Crippen LogP contribution in [0.2, 0.25) is 0 Å². The topological polar surface area (TPSA) is 26.3 Å². The van der Waals surface area contributed by atoms with Crippen LogP contribution in [0.15, 0.2) is 97.6 Å². The molecule has 0 saturated heterocycles. The van der Waals surface area contributed by atoms with Crippen molar-refractivity contribution >= 4 is 29.7 Å². The third kappa shape index (κ3) is 2.88. The van der Waals surface area contributed by atoms with Crippen molar-refractivity contribution in [1.82, 2.24) is 0 Å². The Morgan fingerprint density at radius 3 is 2.00 bits per heavy atom. The Morgan fingerprint density at radius 1 is 0.929 bits per heavy atom. The van der Waals surface area contributed by atoms with Crippen molar-refractivity contribution in [3.05, 3.63) is 103 Å². The first-order valence-electron chi connectivity index (χ1n) is 9.64. The van der Waals surface area contributed by atoms with Gasteiger partial charge in [0.25, 0.3) is 8.32 Å². The minimum absolute atomic E-state index is 0.127. The monoisotopic (exact) mass is 384 g/mol. The average molecular weight is 385 g/mol. The zero-order valence-corrected chi connectivity index (χ0v) is 17.1. The minimum atomic E-state index is -2.74. The summed E-state index contributed by atoms with van der Waals surface area (Å²) in [6.07, 6.45) is 2.84. The summed E-state index contributed by atoms with van der Waals surface area (Å²) in [6, 6.07) is 29.4. The van der Waals surface area contributed by atoms with E-state index in [9.17, 15) is 4.79 Å². The summed E-state index contributed by atoms with van der Waals surface area (Å²) in [5.41, 5.74) is 0.465. The average Bonchev–Trinajstić information content (AvgIpc) is 3.01. The van der Waals surface area contributed by atoms with Gasteiger partial charge in [0.15, 0.2) is 0 Å². The predicted molar refractivity (Wildman–Crippen MR) is 117 cm³/mol. The van der Waals surface area contributed by atoms with E-state index < -0.39 is 13.9 Å². The second-order valence-corrected chi connectivity index (χ2v) is 10.7. The van der Waals surface area contributed by atoms with Crippen LogP contribution in [0.25, 0.3) is 0 Å². The van der Waals surface area contributed by atoms with Gasteiger partial charge in [0, 0.05) is 6.42 Å². The molecule has 3 aromatic rings. The number of hydrogen-bond donors (Lipinski definition) is 0. The highest BCUT2D eigenvalue weighted by molar-refractivity contribution is 7.08. The molecule has 0 N–H and O–H groups in total. The second-order valence-electron chi connectivity index (χ2n) is 7.43. The van der Waals surface area contributed by atoms with E-state index >= 15 is 0 Å². The molecule has 0 radical (unpaired) electrons. The smallest absolute Gasteiger partial charge is 0.289 e. The van der Waals surface area contributed by atoms with E-state index in [1.165, 1.54) is 15.6 Å². The Kier molecular flexibility index (Phi) is 4.88. The molecule has 1 aliphatic rings. The van der Waals surface area contributed by atoms with Gasteiger partial charge in [-0.15, -0.1) is 6.58 Å². The molecule has 0 aromatic heterocycles. The normalized spacial score (nSPS) is 19.8. The van der Waals surface area contributed by atoms with Crippen LogP contribution in [0, 0.1) is 0 Å². The second kappa shape index (κ2) is 7.34. The maximum absolute atomic E-state index is 12.3. The number of Topliss-reactive ketones (excluding diaryl/α,β-unsaturated/α-hetero) is 1. The molecular weight excluding hydrogens is 360 g/mol. The van der Waals surface area contributed by atoms with E-state index in [-0.39, 0.29) is 5.78 Å². The quantitative estimate of drug-likeness (QED) is 0.481. The van der Waals surface area contributed by atoms with Crippen LogP contribution in [0.5, 0.6) is 0 Å². The van der Waals surface area contributed by atoms with E-state index in [1.54, 1.807) is 6.92 Å². The fourth-order valence-electron chi connectivity index (χ4n) is 4.52. The first-order chi connectivity index (χ1) is 13.6. The van der Waals surface area contributed by atoms with Crippen LogP contribution >= 0.6 is 0 Å². The zero-order chi connectivity index (χ0) is 19.6. The lowest BCUT2D eigenvalue weighted by Crippen LogP contribution is -2.67. The standard InChI is InChI=1S/C25H24O2Si/c1-3-18-25(19-20(2)26)23-16-10-11-17-24(23)28(27-25,21-12-6-4-7-13-21)22-14-8-5-9-15-22/h3-17H,1,18-19H2,2H3. The van der Waals surface area contributed by atoms with E-state index in [0.717, 1.165) is 5.56 Å². The van der Waals surface area contributed by atoms with Gasteiger partial charge in [-0.3, -0.25) is 4.79 Å². The molecule has 3 heteroatoms. The number of fused-ring (bicyclic) bond motifs is 1. The van der Waals surface area contributed by atoms with Crippen LogP contribution < -0.4 is 15.6 Å². The van der Waals surface area contributed by atoms with Crippen LogP contribution in [-0.2, 0) is 14.8 Å². The van der Waals surface area contributed by atoms with Crippen LogP contribution in [0.1, 0.15) is 25.3 Å². The molecule has 28 heavy (non-hydrogen) atoms. The van der Waals surface area contributed by atoms with Crippen molar-refractivity contribution in [3.63, 3.8) is 0 Å². The molecule has 140 valence electrons. The lowest BCUT2D eigenvalue weighted by Gasteiger charge is -2.35. The molecular formula is C25H24O2Si. The van der Waals surface area contributed by atoms with Crippen LogP contribution in [-0.4, -0.2) is 14.1 Å². The van der Waals surface area contributed by atoms with E-state index in [0.29, 0.717) is 12.8 Å². The van der Waals surface area contributed by atoms with Gasteiger partial charge in [0.1, 0.15) is 5.78 Å².